The van der Waals surface area contributed by atoms with Crippen molar-refractivity contribution in [3.63, 3.8) is 0 Å². The lowest BCUT2D eigenvalue weighted by atomic mass is 9.78. The van der Waals surface area contributed by atoms with E-state index < -0.39 is 0 Å². The molecule has 0 heterocycles. The molecule has 2 rings (SSSR count). The molecule has 1 saturated carbocycles. The fraction of sp³-hybridized carbons (Fsp3) is 0.688. The maximum atomic E-state index is 5.63. The number of benzene rings is 1. The molecule has 0 radical (unpaired) electrons. The van der Waals surface area contributed by atoms with Gasteiger partial charge in [-0.05, 0) is 54.7 Å². The zero-order valence-corrected chi connectivity index (χ0v) is 24.6. The van der Waals surface area contributed by atoms with E-state index in [9.17, 15) is 0 Å². The third kappa shape index (κ3) is 25.0. The molecule has 1 aromatic rings. The zero-order valence-electron chi connectivity index (χ0n) is 24.6. The first-order valence-corrected chi connectivity index (χ1v) is 13.3. The summed E-state index contributed by atoms with van der Waals surface area (Å²) in [6.07, 6.45) is 11.0. The SMILES string of the molecule is C=CC=C.CC.CC(C)C.CC(C)Oc1ccc(C(C)C(C)(C)C)cc1.CC1CCCCC1. The van der Waals surface area contributed by atoms with Gasteiger partial charge < -0.3 is 4.74 Å². The lowest BCUT2D eigenvalue weighted by molar-refractivity contribution is 0.242. The first-order chi connectivity index (χ1) is 15.3. The normalized spacial score (nSPS) is 14.0. The van der Waals surface area contributed by atoms with Gasteiger partial charge in [0.15, 0.2) is 0 Å². The highest BCUT2D eigenvalue weighted by atomic mass is 16.5. The standard InChI is InChI=1S/C15H24O.C7H14.C4H10.C4H6.C2H6/c1-11(2)16-14-9-7-13(8-10-14)12(3)15(4,5)6;1-7-5-3-2-4-6-7;1-4(2)3;1-3-4-2;1-2/h7-12H,1-6H3;7H,2-6H2,1H3;4H,1-3H3;3-4H,1-2H2;1-2H3. The first-order valence-electron chi connectivity index (χ1n) is 13.3. The second-order valence-electron chi connectivity index (χ2n) is 10.8. The van der Waals surface area contributed by atoms with E-state index in [1.54, 1.807) is 12.2 Å². The molecule has 1 aliphatic rings. The van der Waals surface area contributed by atoms with Gasteiger partial charge in [-0.2, -0.15) is 0 Å². The third-order valence-corrected chi connectivity index (χ3v) is 5.11. The van der Waals surface area contributed by atoms with Crippen LogP contribution in [-0.4, -0.2) is 6.10 Å². The summed E-state index contributed by atoms with van der Waals surface area (Å²) in [4.78, 5) is 0. The summed E-state index contributed by atoms with van der Waals surface area (Å²) >= 11 is 0. The van der Waals surface area contributed by atoms with Crippen molar-refractivity contribution in [2.75, 3.05) is 0 Å². The fourth-order valence-electron chi connectivity index (χ4n) is 2.91. The van der Waals surface area contributed by atoms with Gasteiger partial charge >= 0.3 is 0 Å². The molecular formula is C32H60O. The minimum Gasteiger partial charge on any atom is -0.491 e. The van der Waals surface area contributed by atoms with Gasteiger partial charge in [0.25, 0.3) is 0 Å². The van der Waals surface area contributed by atoms with Crippen LogP contribution in [0.15, 0.2) is 49.6 Å². The molecule has 194 valence electrons. The Balaban J connectivity index is -0.000000435. The predicted molar refractivity (Wildman–Crippen MR) is 155 cm³/mol. The predicted octanol–water partition coefficient (Wildman–Crippen LogP) is 11.3. The highest BCUT2D eigenvalue weighted by Crippen LogP contribution is 2.34. The van der Waals surface area contributed by atoms with Gasteiger partial charge in [-0.15, -0.1) is 0 Å². The second kappa shape index (κ2) is 22.3. The highest BCUT2D eigenvalue weighted by molar-refractivity contribution is 5.30. The summed E-state index contributed by atoms with van der Waals surface area (Å²) in [5.41, 5.74) is 1.68. The first kappa shape index (κ1) is 36.1. The Morgan fingerprint density at radius 1 is 0.818 bits per heavy atom. The molecule has 1 fully saturated rings. The van der Waals surface area contributed by atoms with Crippen molar-refractivity contribution in [2.24, 2.45) is 17.3 Å². The summed E-state index contributed by atoms with van der Waals surface area (Å²) in [5.74, 6) is 3.38. The quantitative estimate of drug-likeness (QED) is 0.406. The molecule has 0 saturated heterocycles. The Hall–Kier alpha value is -1.50. The molecule has 0 bridgehead atoms. The molecule has 1 unspecified atom stereocenters. The van der Waals surface area contributed by atoms with Crippen molar-refractivity contribution >= 4 is 0 Å². The molecule has 33 heavy (non-hydrogen) atoms. The average molecular weight is 461 g/mol. The van der Waals surface area contributed by atoms with Gasteiger partial charge in [-0.3, -0.25) is 0 Å². The molecule has 1 aromatic carbocycles. The van der Waals surface area contributed by atoms with Crippen molar-refractivity contribution in [2.45, 2.75) is 127 Å². The van der Waals surface area contributed by atoms with E-state index in [0.29, 0.717) is 11.3 Å². The van der Waals surface area contributed by atoms with E-state index in [-0.39, 0.29) is 6.10 Å². The van der Waals surface area contributed by atoms with Crippen molar-refractivity contribution in [1.29, 1.82) is 0 Å². The molecule has 1 heteroatoms. The molecule has 0 aromatic heterocycles. The largest absolute Gasteiger partial charge is 0.491 e. The average Bonchev–Trinajstić information content (AvgIpc) is 2.75. The summed E-state index contributed by atoms with van der Waals surface area (Å²) in [7, 11) is 0. The minimum absolute atomic E-state index is 0.242. The zero-order chi connectivity index (χ0) is 26.4. The number of ether oxygens (including phenoxy) is 1. The second-order valence-corrected chi connectivity index (χ2v) is 10.8. The monoisotopic (exact) mass is 460 g/mol. The Morgan fingerprint density at radius 2 is 1.21 bits per heavy atom. The van der Waals surface area contributed by atoms with Crippen molar-refractivity contribution in [3.05, 3.63) is 55.1 Å². The molecule has 0 spiro atoms. The van der Waals surface area contributed by atoms with Gasteiger partial charge in [0.05, 0.1) is 6.10 Å². The fourth-order valence-corrected chi connectivity index (χ4v) is 2.91. The van der Waals surface area contributed by atoms with E-state index in [1.165, 1.54) is 37.7 Å². The Bertz CT molecular complexity index is 530. The van der Waals surface area contributed by atoms with Gasteiger partial charge in [-0.1, -0.05) is 139 Å². The number of hydrogen-bond donors (Lipinski definition) is 0. The number of allylic oxidation sites excluding steroid dienone is 2. The lowest BCUT2D eigenvalue weighted by Gasteiger charge is -2.27. The smallest absolute Gasteiger partial charge is 0.119 e. The Morgan fingerprint density at radius 3 is 1.45 bits per heavy atom. The summed E-state index contributed by atoms with van der Waals surface area (Å²) in [6.45, 7) is 32.8. The van der Waals surface area contributed by atoms with Crippen LogP contribution in [0.3, 0.4) is 0 Å². The highest BCUT2D eigenvalue weighted by Gasteiger charge is 2.21. The van der Waals surface area contributed by atoms with Crippen LogP contribution >= 0.6 is 0 Å². The van der Waals surface area contributed by atoms with Crippen LogP contribution in [0.2, 0.25) is 0 Å². The van der Waals surface area contributed by atoms with Gasteiger partial charge in [0.1, 0.15) is 5.75 Å². The molecule has 1 nitrogen and oxygen atoms in total. The van der Waals surface area contributed by atoms with Crippen molar-refractivity contribution in [1.82, 2.24) is 0 Å². The van der Waals surface area contributed by atoms with Gasteiger partial charge in [0, 0.05) is 0 Å². The molecule has 0 N–H and O–H groups in total. The molecule has 1 aliphatic carbocycles. The van der Waals surface area contributed by atoms with Crippen LogP contribution in [-0.2, 0) is 0 Å². The van der Waals surface area contributed by atoms with Crippen LogP contribution in [0.5, 0.6) is 5.75 Å². The maximum Gasteiger partial charge on any atom is 0.119 e. The summed E-state index contributed by atoms with van der Waals surface area (Å²) in [6, 6.07) is 8.48. The number of rotatable bonds is 4. The molecular weight excluding hydrogens is 400 g/mol. The molecule has 0 aliphatic heterocycles. The van der Waals surface area contributed by atoms with E-state index in [0.717, 1.165) is 17.6 Å². The van der Waals surface area contributed by atoms with E-state index in [1.807, 2.05) is 27.7 Å². The van der Waals surface area contributed by atoms with E-state index in [4.69, 9.17) is 4.74 Å². The van der Waals surface area contributed by atoms with Crippen LogP contribution in [0.25, 0.3) is 0 Å². The summed E-state index contributed by atoms with van der Waals surface area (Å²) < 4.78 is 5.63. The van der Waals surface area contributed by atoms with Gasteiger partial charge in [0.2, 0.25) is 0 Å². The van der Waals surface area contributed by atoms with E-state index >= 15 is 0 Å². The molecule has 0 amide bonds. The van der Waals surface area contributed by atoms with E-state index in [2.05, 4.69) is 92.8 Å². The van der Waals surface area contributed by atoms with Crippen molar-refractivity contribution < 1.29 is 4.74 Å². The van der Waals surface area contributed by atoms with Gasteiger partial charge in [-0.25, -0.2) is 0 Å². The van der Waals surface area contributed by atoms with Crippen LogP contribution in [0.1, 0.15) is 127 Å². The van der Waals surface area contributed by atoms with Crippen LogP contribution in [0, 0.1) is 17.3 Å². The van der Waals surface area contributed by atoms with Crippen molar-refractivity contribution in [3.8, 4) is 5.75 Å². The number of hydrogen-bond acceptors (Lipinski definition) is 1. The maximum absolute atomic E-state index is 5.63. The topological polar surface area (TPSA) is 9.23 Å². The summed E-state index contributed by atoms with van der Waals surface area (Å²) in [5, 5.41) is 0. The minimum atomic E-state index is 0.242. The lowest BCUT2D eigenvalue weighted by Crippen LogP contribution is -2.15. The third-order valence-electron chi connectivity index (χ3n) is 5.11. The Labute approximate surface area is 210 Å². The van der Waals surface area contributed by atoms with Crippen LogP contribution in [0.4, 0.5) is 0 Å². The molecule has 1 atom stereocenters. The Kier molecular flexibility index (Phi) is 24.4. The van der Waals surface area contributed by atoms with Crippen LogP contribution < -0.4 is 4.74 Å².